The molecule has 0 saturated carbocycles. The van der Waals surface area contributed by atoms with Gasteiger partial charge in [-0.05, 0) is 65.2 Å². The van der Waals surface area contributed by atoms with Gasteiger partial charge in [0.25, 0.3) is 11.8 Å². The maximum Gasteiger partial charge on any atom is 0.523 e. The average Bonchev–Trinajstić information content (AvgIpc) is 4.12. The fourth-order valence-corrected chi connectivity index (χ4v) is 9.81. The van der Waals surface area contributed by atoms with Crippen LogP contribution < -0.4 is 20.1 Å². The highest BCUT2D eigenvalue weighted by Gasteiger charge is 2.53. The van der Waals surface area contributed by atoms with Gasteiger partial charge in [-0.1, -0.05) is 91.0 Å². The number of aliphatic hydroxyl groups excluding tert-OH is 3. The monoisotopic (exact) mass is 1180 g/mol. The van der Waals surface area contributed by atoms with E-state index in [9.17, 15) is 51.3 Å². The Labute approximate surface area is 477 Å². The number of aromatic nitrogens is 8. The number of amides is 2. The van der Waals surface area contributed by atoms with Crippen molar-refractivity contribution in [1.82, 2.24) is 39.0 Å². The zero-order valence-corrected chi connectivity index (χ0v) is 44.5. The van der Waals surface area contributed by atoms with E-state index in [0.29, 0.717) is 39.3 Å². The molecule has 11 rings (SSSR count). The van der Waals surface area contributed by atoms with Crippen molar-refractivity contribution in [3.63, 3.8) is 0 Å². The predicted octanol–water partition coefficient (Wildman–Crippen LogP) is 7.50. The summed E-state index contributed by atoms with van der Waals surface area (Å²) in [6, 6.07) is 40.3. The van der Waals surface area contributed by atoms with E-state index in [1.54, 1.807) is 99.1 Å². The Hall–Kier alpha value is -9.00. The lowest BCUT2D eigenvalue weighted by atomic mass is 9.80. The molecular formula is C57H50F6N10O12. The Kier molecular flexibility index (Phi) is 17.4. The number of nitrogens with zero attached hydrogens (tertiary/aromatic N) is 8. The van der Waals surface area contributed by atoms with Gasteiger partial charge in [0.15, 0.2) is 46.4 Å². The van der Waals surface area contributed by atoms with Gasteiger partial charge in [0.2, 0.25) is 0 Å². The van der Waals surface area contributed by atoms with Crippen LogP contribution in [0.1, 0.15) is 49.9 Å². The van der Waals surface area contributed by atoms with Gasteiger partial charge >= 0.3 is 12.7 Å². The number of anilines is 2. The number of ether oxygens (including phenoxy) is 7. The molecule has 0 spiro atoms. The number of nitrogens with one attached hydrogen (secondary N) is 2. The third-order valence-electron chi connectivity index (χ3n) is 13.8. The van der Waals surface area contributed by atoms with Crippen LogP contribution in [0.2, 0.25) is 0 Å². The number of alkyl halides is 6. The Morgan fingerprint density at radius 2 is 0.929 bits per heavy atom. The second kappa shape index (κ2) is 25.1. The Morgan fingerprint density at radius 3 is 1.33 bits per heavy atom. The summed E-state index contributed by atoms with van der Waals surface area (Å²) < 4.78 is 120. The lowest BCUT2D eigenvalue weighted by Gasteiger charge is -2.37. The first-order chi connectivity index (χ1) is 40.9. The Morgan fingerprint density at radius 1 is 0.541 bits per heavy atom. The number of carbonyl (C=O) groups excluding carboxylic acids is 2. The number of fused-ring (bicyclic) bond motifs is 2. The van der Waals surface area contributed by atoms with E-state index in [-0.39, 0.29) is 34.0 Å². The number of hydrogen-bond donors (Lipinski definition) is 5. The van der Waals surface area contributed by atoms with Gasteiger partial charge in [-0.3, -0.25) is 28.2 Å². The molecule has 4 aromatic heterocycles. The summed E-state index contributed by atoms with van der Waals surface area (Å²) in [4.78, 5) is 50.0. The fourth-order valence-electron chi connectivity index (χ4n) is 9.81. The molecule has 22 nitrogen and oxygen atoms in total. The number of rotatable bonds is 17. The standard InChI is InChI=1S/C39H34F3N5O7.C18H16F3N5O5/c1-50-28-17-13-26(14-18-28)38(25-11-7-4-8-12-25,27-15-19-29(51-2)20-16-27)52-21-30-32(48)33(54-39(40,41)42)37(53-30)47-23-45-31-34(43-22-44-35(31)47)46-36(49)24-9-5-3-6-10-24;19-18(20,21)31-13-12(28)10(6-27)30-17(13)26-8-24-11-14(22-7-23-15(11)26)25-16(29)9-4-2-1-3-5-9/h3-20,22-23,30,32-33,37,48H,21H2,1-2H3,(H,43,44,46,49);1-5,7-8,10,12-13,17,27-28H,6H2,(H,22,23,25,29)/t30-,32+,33?,37-;10-,12+,13?,17-/m11/s1. The van der Waals surface area contributed by atoms with Gasteiger partial charge in [-0.2, -0.15) is 0 Å². The maximum absolute atomic E-state index is 13.9. The number of carbonyl (C=O) groups is 2. The molecule has 0 aliphatic carbocycles. The molecule has 5 N–H and O–H groups in total. The number of aliphatic hydroxyl groups is 3. The quantitative estimate of drug-likeness (QED) is 0.0436. The van der Waals surface area contributed by atoms with E-state index in [1.165, 1.54) is 10.9 Å². The van der Waals surface area contributed by atoms with Crippen LogP contribution in [0.3, 0.4) is 0 Å². The molecule has 9 aromatic rings. The Balaban J connectivity index is 0.000000219. The van der Waals surface area contributed by atoms with Gasteiger partial charge in [0.1, 0.15) is 66.4 Å². The number of benzene rings is 5. The van der Waals surface area contributed by atoms with Crippen molar-refractivity contribution in [3.05, 3.63) is 193 Å². The molecule has 28 heteroatoms. The smallest absolute Gasteiger partial charge is 0.497 e. The van der Waals surface area contributed by atoms with Crippen LogP contribution in [0.5, 0.6) is 11.5 Å². The summed E-state index contributed by atoms with van der Waals surface area (Å²) in [5, 5.41) is 36.2. The van der Waals surface area contributed by atoms with Gasteiger partial charge in [-0.25, -0.2) is 29.9 Å². The van der Waals surface area contributed by atoms with Crippen LogP contribution in [0.15, 0.2) is 165 Å². The van der Waals surface area contributed by atoms with Crippen LogP contribution in [0, 0.1) is 0 Å². The molecule has 2 aliphatic heterocycles. The second-order valence-electron chi connectivity index (χ2n) is 18.9. The number of methoxy groups -OCH3 is 2. The first-order valence-corrected chi connectivity index (χ1v) is 25.7. The van der Waals surface area contributed by atoms with Crippen molar-refractivity contribution < 1.29 is 84.4 Å². The topological polar surface area (TPSA) is 271 Å². The van der Waals surface area contributed by atoms with Crippen LogP contribution in [0.4, 0.5) is 38.0 Å². The minimum absolute atomic E-state index is 0.0194. The molecule has 6 heterocycles. The van der Waals surface area contributed by atoms with Crippen LogP contribution >= 0.6 is 0 Å². The average molecular weight is 1180 g/mol. The summed E-state index contributed by atoms with van der Waals surface area (Å²) in [5.74, 6) is 0.289. The largest absolute Gasteiger partial charge is 0.523 e. The summed E-state index contributed by atoms with van der Waals surface area (Å²) in [7, 11) is 3.09. The second-order valence-corrected chi connectivity index (χ2v) is 18.9. The van der Waals surface area contributed by atoms with Gasteiger partial charge in [-0.15, -0.1) is 26.3 Å². The zero-order chi connectivity index (χ0) is 60.0. The van der Waals surface area contributed by atoms with E-state index in [4.69, 9.17) is 23.7 Å². The first kappa shape index (κ1) is 59.2. The van der Waals surface area contributed by atoms with Crippen molar-refractivity contribution in [3.8, 4) is 11.5 Å². The van der Waals surface area contributed by atoms with Crippen LogP contribution in [-0.4, -0.2) is 143 Å². The Bertz CT molecular complexity index is 3670. The number of halogens is 6. The highest BCUT2D eigenvalue weighted by atomic mass is 19.4. The molecule has 85 heavy (non-hydrogen) atoms. The molecule has 2 aliphatic rings. The van der Waals surface area contributed by atoms with Crippen molar-refractivity contribution in [2.24, 2.45) is 0 Å². The maximum atomic E-state index is 13.9. The van der Waals surface area contributed by atoms with Gasteiger partial charge in [0.05, 0.1) is 40.1 Å². The van der Waals surface area contributed by atoms with Crippen molar-refractivity contribution in [2.75, 3.05) is 38.1 Å². The first-order valence-electron chi connectivity index (χ1n) is 25.7. The molecule has 8 atom stereocenters. The van der Waals surface area contributed by atoms with E-state index >= 15 is 0 Å². The molecule has 2 unspecified atom stereocenters. The third-order valence-corrected chi connectivity index (χ3v) is 13.8. The predicted molar refractivity (Wildman–Crippen MR) is 286 cm³/mol. The van der Waals surface area contributed by atoms with Crippen molar-refractivity contribution >= 4 is 45.8 Å². The molecule has 2 amide bonds. The minimum Gasteiger partial charge on any atom is -0.497 e. The molecular weight excluding hydrogens is 1130 g/mol. The molecule has 0 radical (unpaired) electrons. The molecule has 442 valence electrons. The molecule has 2 fully saturated rings. The van der Waals surface area contributed by atoms with Gasteiger partial charge < -0.3 is 49.6 Å². The van der Waals surface area contributed by atoms with E-state index in [2.05, 4.69) is 50.0 Å². The van der Waals surface area contributed by atoms with E-state index < -0.39 is 92.4 Å². The third kappa shape index (κ3) is 12.8. The summed E-state index contributed by atoms with van der Waals surface area (Å²) in [6.45, 7) is -1.13. The lowest BCUT2D eigenvalue weighted by Crippen LogP contribution is -2.41. The SMILES string of the molecule is COc1ccc(C(OC[C@H]2O[C@@H](n3cnc4c(NC(=O)c5ccccc5)ncnc43)C(OC(F)(F)F)[C@H]2O)(c2ccccc2)c2ccc(OC)cc2)cc1.O=C(Nc1ncnc2c1ncn2[C@@H]1O[C@H](CO)[C@H](O)C1OC(F)(F)F)c1ccccc1. The van der Waals surface area contributed by atoms with Crippen molar-refractivity contribution in [1.29, 1.82) is 0 Å². The summed E-state index contributed by atoms with van der Waals surface area (Å²) in [5.41, 5.74) is 1.59. The highest BCUT2D eigenvalue weighted by Crippen LogP contribution is 2.45. The molecule has 2 saturated heterocycles. The highest BCUT2D eigenvalue weighted by molar-refractivity contribution is 6.07. The van der Waals surface area contributed by atoms with Crippen LogP contribution in [-0.2, 0) is 29.3 Å². The van der Waals surface area contributed by atoms with E-state index in [0.717, 1.165) is 23.5 Å². The lowest BCUT2D eigenvalue weighted by molar-refractivity contribution is -0.356. The summed E-state index contributed by atoms with van der Waals surface area (Å²) in [6.07, 6.45) is -18.9. The fraction of sp³-hybridized carbons (Fsp3) is 0.263. The molecule has 0 bridgehead atoms. The number of hydrogen-bond acceptors (Lipinski definition) is 18. The van der Waals surface area contributed by atoms with Crippen molar-refractivity contribution in [2.45, 2.75) is 67.4 Å². The van der Waals surface area contributed by atoms with Gasteiger partial charge in [0, 0.05) is 11.1 Å². The normalized spacial score (nSPS) is 20.6. The number of imidazole rings is 2. The summed E-state index contributed by atoms with van der Waals surface area (Å²) >= 11 is 0. The zero-order valence-electron chi connectivity index (χ0n) is 44.5. The van der Waals surface area contributed by atoms with E-state index in [1.807, 2.05) is 54.6 Å². The molecule has 5 aromatic carbocycles. The minimum atomic E-state index is -5.15. The van der Waals surface area contributed by atoms with Crippen LogP contribution in [0.25, 0.3) is 22.3 Å².